The van der Waals surface area contributed by atoms with Gasteiger partial charge in [-0.3, -0.25) is 0 Å². The van der Waals surface area contributed by atoms with Gasteiger partial charge in [-0.25, -0.2) is 13.5 Å². The number of hydrogen-bond donors (Lipinski definition) is 3. The van der Waals surface area contributed by atoms with E-state index in [1.54, 1.807) is 0 Å². The molecule has 0 bridgehead atoms. The fraction of sp³-hybridized carbons (Fsp3) is 0.476. The zero-order valence-electron chi connectivity index (χ0n) is 17.8. The molecule has 1 unspecified atom stereocenters. The Morgan fingerprint density at radius 1 is 1.18 bits per heavy atom. The highest BCUT2D eigenvalue weighted by Gasteiger charge is 2.43. The number of nitrogens with two attached hydrogens (primary N) is 1. The first-order valence-corrected chi connectivity index (χ1v) is 10.8. The molecule has 0 spiro atoms. The summed E-state index contributed by atoms with van der Waals surface area (Å²) in [5.41, 5.74) is 5.01. The number of alkyl halides is 5. The Morgan fingerprint density at radius 3 is 2.62 bits per heavy atom. The highest BCUT2D eigenvalue weighted by Crippen LogP contribution is 2.35. The van der Waals surface area contributed by atoms with Crippen molar-refractivity contribution in [3.63, 3.8) is 0 Å². The van der Waals surface area contributed by atoms with Gasteiger partial charge < -0.3 is 21.1 Å². The first kappa shape index (κ1) is 22.7. The van der Waals surface area contributed by atoms with E-state index in [9.17, 15) is 27.1 Å². The van der Waals surface area contributed by atoms with Gasteiger partial charge in [0, 0.05) is 12.6 Å². The summed E-state index contributed by atoms with van der Waals surface area (Å²) in [4.78, 5) is 10.3. The monoisotopic (exact) mass is 483 g/mol. The van der Waals surface area contributed by atoms with E-state index in [1.165, 1.54) is 27.9 Å². The predicted octanol–water partition coefficient (Wildman–Crippen LogP) is 2.94. The second-order valence-electron chi connectivity index (χ2n) is 8.76. The maximum absolute atomic E-state index is 14.4. The van der Waals surface area contributed by atoms with Crippen LogP contribution in [0.15, 0.2) is 30.5 Å². The molecule has 3 heterocycles. The Morgan fingerprint density at radius 2 is 1.94 bits per heavy atom. The molecular formula is C21H22F5N7O. The third kappa shape index (κ3) is 4.13. The predicted molar refractivity (Wildman–Crippen MR) is 114 cm³/mol. The van der Waals surface area contributed by atoms with Gasteiger partial charge in [0.2, 0.25) is 5.95 Å². The van der Waals surface area contributed by atoms with Crippen molar-refractivity contribution < 1.29 is 27.1 Å². The zero-order chi connectivity index (χ0) is 24.3. The molecule has 182 valence electrons. The topological polar surface area (TPSA) is 105 Å². The lowest BCUT2D eigenvalue weighted by atomic mass is 9.90. The van der Waals surface area contributed by atoms with Crippen molar-refractivity contribution in [3.8, 4) is 5.69 Å². The van der Waals surface area contributed by atoms with E-state index < -0.39 is 36.4 Å². The lowest BCUT2D eigenvalue weighted by molar-refractivity contribution is -0.137. The molecular weight excluding hydrogens is 461 g/mol. The molecule has 1 saturated heterocycles. The number of aliphatic hydroxyl groups excluding tert-OH is 1. The number of anilines is 2. The molecule has 1 saturated carbocycles. The van der Waals surface area contributed by atoms with Crippen LogP contribution in [0.5, 0.6) is 0 Å². The van der Waals surface area contributed by atoms with Crippen molar-refractivity contribution in [1.82, 2.24) is 19.7 Å². The largest absolute Gasteiger partial charge is 0.416 e. The molecule has 1 atom stereocenters. The molecule has 1 aliphatic heterocycles. The summed E-state index contributed by atoms with van der Waals surface area (Å²) in [5.74, 6) is -2.83. The summed E-state index contributed by atoms with van der Waals surface area (Å²) in [6.45, 7) is -0.435. The third-order valence-corrected chi connectivity index (χ3v) is 6.23. The Kier molecular flexibility index (Phi) is 5.35. The summed E-state index contributed by atoms with van der Waals surface area (Å²) < 4.78 is 69.8. The number of nitrogens with zero attached hydrogens (tertiary/aromatic N) is 5. The molecule has 5 rings (SSSR count). The van der Waals surface area contributed by atoms with Crippen LogP contribution in [0.2, 0.25) is 0 Å². The van der Waals surface area contributed by atoms with Gasteiger partial charge in [0.15, 0.2) is 5.65 Å². The van der Waals surface area contributed by atoms with E-state index in [1.807, 2.05) is 0 Å². The first-order chi connectivity index (χ1) is 16.0. The summed E-state index contributed by atoms with van der Waals surface area (Å²) >= 11 is 0. The maximum atomic E-state index is 14.4. The number of hydrogen-bond acceptors (Lipinski definition) is 7. The molecule has 2 fully saturated rings. The van der Waals surface area contributed by atoms with Crippen LogP contribution in [0.3, 0.4) is 0 Å². The van der Waals surface area contributed by atoms with Crippen molar-refractivity contribution in [2.45, 2.75) is 49.5 Å². The number of nitrogens with one attached hydrogen (secondary N) is 1. The van der Waals surface area contributed by atoms with E-state index >= 15 is 0 Å². The van der Waals surface area contributed by atoms with Crippen molar-refractivity contribution in [1.29, 1.82) is 0 Å². The highest BCUT2D eigenvalue weighted by molar-refractivity contribution is 5.89. The van der Waals surface area contributed by atoms with E-state index in [-0.39, 0.29) is 42.1 Å². The average Bonchev–Trinajstić information content (AvgIpc) is 3.17. The number of aliphatic hydroxyl groups is 1. The maximum Gasteiger partial charge on any atom is 0.416 e. The van der Waals surface area contributed by atoms with Crippen molar-refractivity contribution in [2.75, 3.05) is 23.3 Å². The fourth-order valence-corrected chi connectivity index (χ4v) is 4.23. The minimum atomic E-state index is -4.55. The second-order valence-corrected chi connectivity index (χ2v) is 8.76. The van der Waals surface area contributed by atoms with Crippen molar-refractivity contribution in [2.24, 2.45) is 5.73 Å². The van der Waals surface area contributed by atoms with Crippen LogP contribution >= 0.6 is 0 Å². The molecule has 2 aromatic heterocycles. The molecule has 13 heteroatoms. The Balaban J connectivity index is 1.60. The number of aromatic nitrogens is 4. The van der Waals surface area contributed by atoms with Gasteiger partial charge in [-0.05, 0) is 37.5 Å². The van der Waals surface area contributed by atoms with E-state index in [0.29, 0.717) is 18.2 Å². The molecule has 34 heavy (non-hydrogen) atoms. The normalized spacial score (nSPS) is 24.8. The Hall–Kier alpha value is -3.06. The summed E-state index contributed by atoms with van der Waals surface area (Å²) in [5, 5.41) is 17.2. The molecule has 0 amide bonds. The van der Waals surface area contributed by atoms with Gasteiger partial charge in [0.25, 0.3) is 5.92 Å². The zero-order valence-corrected chi connectivity index (χ0v) is 17.8. The van der Waals surface area contributed by atoms with Crippen molar-refractivity contribution >= 4 is 22.8 Å². The number of rotatable bonds is 4. The van der Waals surface area contributed by atoms with Crippen LogP contribution in [0, 0.1) is 0 Å². The molecule has 1 aromatic carbocycles. The van der Waals surface area contributed by atoms with Crippen molar-refractivity contribution in [3.05, 3.63) is 36.0 Å². The van der Waals surface area contributed by atoms with Gasteiger partial charge >= 0.3 is 6.18 Å². The molecule has 1 aliphatic carbocycles. The van der Waals surface area contributed by atoms with Crippen LogP contribution in [0.25, 0.3) is 16.7 Å². The second kappa shape index (κ2) is 8.01. The minimum absolute atomic E-state index is 0.0395. The number of fused-ring (bicyclic) bond motifs is 1. The van der Waals surface area contributed by atoms with E-state index in [0.717, 1.165) is 12.1 Å². The minimum Gasteiger partial charge on any atom is -0.393 e. The van der Waals surface area contributed by atoms with Crippen LogP contribution in [-0.2, 0) is 6.18 Å². The molecule has 2 aliphatic rings. The number of halogens is 5. The average molecular weight is 483 g/mol. The number of benzene rings is 1. The fourth-order valence-electron chi connectivity index (χ4n) is 4.23. The smallest absolute Gasteiger partial charge is 0.393 e. The molecule has 0 radical (unpaired) electrons. The van der Waals surface area contributed by atoms with Gasteiger partial charge in [-0.15, -0.1) is 0 Å². The summed E-state index contributed by atoms with van der Waals surface area (Å²) in [6.07, 6.45) is -2.65. The highest BCUT2D eigenvalue weighted by atomic mass is 19.4. The van der Waals surface area contributed by atoms with Gasteiger partial charge in [0.1, 0.15) is 5.82 Å². The van der Waals surface area contributed by atoms with Gasteiger partial charge in [-0.1, -0.05) is 6.07 Å². The van der Waals surface area contributed by atoms with Crippen LogP contribution in [0.4, 0.5) is 33.7 Å². The molecule has 8 nitrogen and oxygen atoms in total. The lowest BCUT2D eigenvalue weighted by Gasteiger charge is -2.37. The van der Waals surface area contributed by atoms with Crippen LogP contribution in [-0.4, -0.2) is 62.1 Å². The van der Waals surface area contributed by atoms with E-state index in [2.05, 4.69) is 20.4 Å². The summed E-state index contributed by atoms with van der Waals surface area (Å²) in [6, 6.07) is 3.22. The van der Waals surface area contributed by atoms with E-state index in [4.69, 9.17) is 5.73 Å². The van der Waals surface area contributed by atoms with Crippen LogP contribution < -0.4 is 16.0 Å². The van der Waals surface area contributed by atoms with Gasteiger partial charge in [0.05, 0.1) is 41.5 Å². The molecule has 3 aromatic rings. The summed E-state index contributed by atoms with van der Waals surface area (Å²) in [7, 11) is 0. The lowest BCUT2D eigenvalue weighted by Crippen LogP contribution is -2.55. The van der Waals surface area contributed by atoms with Gasteiger partial charge in [-0.2, -0.15) is 28.2 Å². The Labute approximate surface area is 190 Å². The Bertz CT molecular complexity index is 1210. The molecule has 4 N–H and O–H groups in total. The first-order valence-electron chi connectivity index (χ1n) is 10.8. The number of piperidine rings is 1. The van der Waals surface area contributed by atoms with Crippen LogP contribution in [0.1, 0.15) is 24.8 Å². The SMILES string of the molecule is NC1CCN(c2nc(NC3CC(O)C3)nc3c2cnn3-c2cccc(C(F)(F)F)c2)CC1(F)F. The quantitative estimate of drug-likeness (QED) is 0.490. The third-order valence-electron chi connectivity index (χ3n) is 6.23. The standard InChI is InChI=1S/C21H22F5N7O/c22-20(23)10-32(5-4-16(20)27)17-15-9-28-33(13-3-1-2-11(6-13)21(24,25)26)18(15)31-19(30-17)29-12-7-14(34)8-12/h1-3,6,9,12,14,16,34H,4-5,7-8,10,27H2,(H,29,30,31).